The number of ether oxygens (including phenoxy) is 1. The number of rotatable bonds is 4. The third-order valence-electron chi connectivity index (χ3n) is 6.48. The molecule has 5 nitrogen and oxygen atoms in total. The molecule has 1 heterocycles. The van der Waals surface area contributed by atoms with Gasteiger partial charge in [0.15, 0.2) is 0 Å². The number of carbonyl (C=O) groups is 1. The highest BCUT2D eigenvalue weighted by atomic mass is 16.5. The quantitative estimate of drug-likeness (QED) is 0.690. The molecular formula is C24H24N2O3. The minimum atomic E-state index is -1.61. The number of hydrogen-bond donors (Lipinski definition) is 1. The van der Waals surface area contributed by atoms with Crippen molar-refractivity contribution in [2.75, 3.05) is 7.11 Å². The van der Waals surface area contributed by atoms with Gasteiger partial charge in [-0.2, -0.15) is 5.26 Å². The standard InChI is InChI=1S/C24H24N2O3/c1-26-20-12-7-6-11-18(20)19-13-15-23(14-8-16-25,22(27)29-2)24(28,21(19)26)17-9-4-3-5-10-17/h3-7,9-12,28H,8,13-15H2,1-2H3/t23-,24+/m0/s1. The fourth-order valence-corrected chi connectivity index (χ4v) is 5.15. The van der Waals surface area contributed by atoms with Crippen LogP contribution in [0.2, 0.25) is 0 Å². The molecule has 29 heavy (non-hydrogen) atoms. The average molecular weight is 388 g/mol. The molecule has 0 saturated carbocycles. The van der Waals surface area contributed by atoms with Crippen molar-refractivity contribution in [3.63, 3.8) is 0 Å². The minimum absolute atomic E-state index is 0.156. The van der Waals surface area contributed by atoms with Gasteiger partial charge < -0.3 is 14.4 Å². The van der Waals surface area contributed by atoms with Crippen LogP contribution in [-0.2, 0) is 28.6 Å². The first kappa shape index (κ1) is 19.2. The summed E-state index contributed by atoms with van der Waals surface area (Å²) in [4.78, 5) is 13.2. The Balaban J connectivity index is 2.11. The van der Waals surface area contributed by atoms with Gasteiger partial charge in [-0.3, -0.25) is 4.79 Å². The van der Waals surface area contributed by atoms with Gasteiger partial charge in [0.1, 0.15) is 11.0 Å². The molecule has 0 saturated heterocycles. The number of fused-ring (bicyclic) bond motifs is 3. The van der Waals surface area contributed by atoms with E-state index in [1.807, 2.05) is 60.1 Å². The molecule has 2 aromatic carbocycles. The molecule has 0 aliphatic heterocycles. The summed E-state index contributed by atoms with van der Waals surface area (Å²) in [5, 5.41) is 22.8. The molecule has 1 aliphatic rings. The van der Waals surface area contributed by atoms with E-state index < -0.39 is 17.0 Å². The van der Waals surface area contributed by atoms with Crippen LogP contribution in [0.25, 0.3) is 10.9 Å². The number of methoxy groups -OCH3 is 1. The molecule has 1 N–H and O–H groups in total. The SMILES string of the molecule is COC(=O)[C@]1(CCC#N)CCc2c(n(C)c3ccccc23)[C@]1(O)c1ccccc1. The molecule has 1 aromatic heterocycles. The molecule has 3 aromatic rings. The molecule has 4 rings (SSSR count). The summed E-state index contributed by atoms with van der Waals surface area (Å²) >= 11 is 0. The van der Waals surface area contributed by atoms with Crippen molar-refractivity contribution >= 4 is 16.9 Å². The van der Waals surface area contributed by atoms with Gasteiger partial charge in [0.05, 0.1) is 18.9 Å². The summed E-state index contributed by atoms with van der Waals surface area (Å²) < 4.78 is 7.21. The number of aliphatic hydroxyl groups is 1. The Kier molecular flexibility index (Phi) is 4.68. The predicted octanol–water partition coefficient (Wildman–Crippen LogP) is 3.82. The second-order valence-corrected chi connectivity index (χ2v) is 7.71. The zero-order chi connectivity index (χ0) is 20.6. The van der Waals surface area contributed by atoms with Crippen LogP contribution in [0.4, 0.5) is 0 Å². The molecule has 0 unspecified atom stereocenters. The van der Waals surface area contributed by atoms with Crippen molar-refractivity contribution in [3.8, 4) is 6.07 Å². The van der Waals surface area contributed by atoms with Crippen molar-refractivity contribution in [1.82, 2.24) is 4.57 Å². The van der Waals surface area contributed by atoms with Crippen LogP contribution in [0.3, 0.4) is 0 Å². The van der Waals surface area contributed by atoms with Crippen molar-refractivity contribution in [3.05, 3.63) is 71.4 Å². The van der Waals surface area contributed by atoms with Crippen molar-refractivity contribution in [1.29, 1.82) is 5.26 Å². The lowest BCUT2D eigenvalue weighted by molar-refractivity contribution is -0.174. The van der Waals surface area contributed by atoms with E-state index in [1.165, 1.54) is 7.11 Å². The molecule has 0 bridgehead atoms. The highest BCUT2D eigenvalue weighted by Gasteiger charge is 2.62. The Morgan fingerprint density at radius 1 is 1.21 bits per heavy atom. The van der Waals surface area contributed by atoms with E-state index in [4.69, 9.17) is 4.74 Å². The van der Waals surface area contributed by atoms with E-state index in [0.717, 1.165) is 16.5 Å². The molecule has 2 atom stereocenters. The number of hydrogen-bond acceptors (Lipinski definition) is 4. The van der Waals surface area contributed by atoms with Crippen molar-refractivity contribution < 1.29 is 14.6 Å². The highest BCUT2D eigenvalue weighted by Crippen LogP contribution is 2.57. The molecule has 1 aliphatic carbocycles. The Morgan fingerprint density at radius 2 is 1.90 bits per heavy atom. The summed E-state index contributed by atoms with van der Waals surface area (Å²) in [5.74, 6) is -0.477. The van der Waals surface area contributed by atoms with Gasteiger partial charge in [-0.1, -0.05) is 48.5 Å². The molecule has 0 amide bonds. The number of nitriles is 1. The molecule has 0 radical (unpaired) electrons. The molecule has 0 fully saturated rings. The molecule has 148 valence electrons. The average Bonchev–Trinajstić information content (AvgIpc) is 3.06. The lowest BCUT2D eigenvalue weighted by Gasteiger charge is -2.49. The monoisotopic (exact) mass is 388 g/mol. The predicted molar refractivity (Wildman–Crippen MR) is 110 cm³/mol. The van der Waals surface area contributed by atoms with Crippen LogP contribution in [0.5, 0.6) is 0 Å². The lowest BCUT2D eigenvalue weighted by atomic mass is 9.58. The third-order valence-corrected chi connectivity index (χ3v) is 6.48. The number of benzene rings is 2. The largest absolute Gasteiger partial charge is 0.468 e. The summed E-state index contributed by atoms with van der Waals surface area (Å²) in [6.45, 7) is 0. The van der Waals surface area contributed by atoms with Crippen LogP contribution in [0.15, 0.2) is 54.6 Å². The van der Waals surface area contributed by atoms with Crippen LogP contribution >= 0.6 is 0 Å². The maximum Gasteiger partial charge on any atom is 0.315 e. The smallest absolute Gasteiger partial charge is 0.315 e. The van der Waals surface area contributed by atoms with Gasteiger partial charge >= 0.3 is 5.97 Å². The third kappa shape index (κ3) is 2.53. The van der Waals surface area contributed by atoms with Crippen LogP contribution in [-0.4, -0.2) is 22.8 Å². The van der Waals surface area contributed by atoms with Gasteiger partial charge in [0.25, 0.3) is 0 Å². The molecule has 0 spiro atoms. The summed E-state index contributed by atoms with van der Waals surface area (Å²) in [6, 6.07) is 19.5. The molecule has 5 heteroatoms. The Hall–Kier alpha value is -3.10. The zero-order valence-electron chi connectivity index (χ0n) is 16.7. The van der Waals surface area contributed by atoms with Gasteiger partial charge in [-0.05, 0) is 36.5 Å². The van der Waals surface area contributed by atoms with E-state index in [0.29, 0.717) is 24.1 Å². The number of aryl methyl sites for hydroxylation is 2. The first-order valence-corrected chi connectivity index (χ1v) is 9.81. The highest BCUT2D eigenvalue weighted by molar-refractivity contribution is 5.89. The Labute approximate surface area is 170 Å². The van der Waals surface area contributed by atoms with E-state index >= 15 is 0 Å². The zero-order valence-corrected chi connectivity index (χ0v) is 16.7. The normalized spacial score (nSPS) is 23.4. The lowest BCUT2D eigenvalue weighted by Crippen LogP contribution is -2.55. The fourth-order valence-electron chi connectivity index (χ4n) is 5.15. The second-order valence-electron chi connectivity index (χ2n) is 7.71. The second kappa shape index (κ2) is 7.06. The van der Waals surface area contributed by atoms with Crippen LogP contribution in [0, 0.1) is 16.7 Å². The van der Waals surface area contributed by atoms with E-state index in [1.54, 1.807) is 0 Å². The van der Waals surface area contributed by atoms with Crippen molar-refractivity contribution in [2.24, 2.45) is 12.5 Å². The van der Waals surface area contributed by atoms with E-state index in [-0.39, 0.29) is 12.8 Å². The fraction of sp³-hybridized carbons (Fsp3) is 0.333. The number of esters is 1. The van der Waals surface area contributed by atoms with Gasteiger partial charge in [0, 0.05) is 24.4 Å². The summed E-state index contributed by atoms with van der Waals surface area (Å²) in [6.07, 6.45) is 1.42. The maximum absolute atomic E-state index is 13.2. The summed E-state index contributed by atoms with van der Waals surface area (Å²) in [7, 11) is 3.27. The number of aromatic nitrogens is 1. The van der Waals surface area contributed by atoms with Crippen LogP contribution < -0.4 is 0 Å². The minimum Gasteiger partial charge on any atom is -0.468 e. The first-order valence-electron chi connectivity index (χ1n) is 9.81. The van der Waals surface area contributed by atoms with Gasteiger partial charge in [-0.25, -0.2) is 0 Å². The van der Waals surface area contributed by atoms with E-state index in [2.05, 4.69) is 12.1 Å². The topological polar surface area (TPSA) is 75.2 Å². The Bertz CT molecular complexity index is 1110. The van der Waals surface area contributed by atoms with E-state index in [9.17, 15) is 15.2 Å². The number of para-hydroxylation sites is 1. The van der Waals surface area contributed by atoms with Crippen LogP contribution in [0.1, 0.15) is 36.1 Å². The molecular weight excluding hydrogens is 364 g/mol. The van der Waals surface area contributed by atoms with Crippen molar-refractivity contribution in [2.45, 2.75) is 31.3 Å². The van der Waals surface area contributed by atoms with Gasteiger partial charge in [0.2, 0.25) is 0 Å². The van der Waals surface area contributed by atoms with Gasteiger partial charge in [-0.15, -0.1) is 0 Å². The first-order chi connectivity index (χ1) is 14.0. The summed E-state index contributed by atoms with van der Waals surface area (Å²) in [5.41, 5.74) is 0.543. The number of carbonyl (C=O) groups excluding carboxylic acids is 1. The maximum atomic E-state index is 13.2. The Morgan fingerprint density at radius 3 is 2.59 bits per heavy atom. The number of nitrogens with zero attached hydrogens (tertiary/aromatic N) is 2.